The third kappa shape index (κ3) is 4.16. The molecule has 0 unspecified atom stereocenters. The highest BCUT2D eigenvalue weighted by Gasteiger charge is 2.26. The minimum atomic E-state index is -0.697. The zero-order valence-corrected chi connectivity index (χ0v) is 13.8. The van der Waals surface area contributed by atoms with Crippen molar-refractivity contribution in [3.63, 3.8) is 0 Å². The highest BCUT2D eigenvalue weighted by atomic mass is 16.4. The van der Waals surface area contributed by atoms with Gasteiger partial charge in [-0.05, 0) is 67.2 Å². The van der Waals surface area contributed by atoms with Crippen LogP contribution in [0.5, 0.6) is 0 Å². The molecule has 3 N–H and O–H groups in total. The number of benzene rings is 1. The molecule has 0 bridgehead atoms. The molecule has 1 aromatic carbocycles. The highest BCUT2D eigenvalue weighted by Crippen LogP contribution is 2.30. The van der Waals surface area contributed by atoms with Crippen molar-refractivity contribution in [2.24, 2.45) is 11.8 Å². The quantitative estimate of drug-likeness (QED) is 0.762. The first kappa shape index (κ1) is 16.6. The van der Waals surface area contributed by atoms with E-state index in [-0.39, 0.29) is 11.8 Å². The van der Waals surface area contributed by atoms with E-state index in [0.717, 1.165) is 24.8 Å². The van der Waals surface area contributed by atoms with Gasteiger partial charge in [-0.3, -0.25) is 9.59 Å². The van der Waals surface area contributed by atoms with Crippen molar-refractivity contribution in [2.45, 2.75) is 38.5 Å². The average molecular weight is 328 g/mol. The summed E-state index contributed by atoms with van der Waals surface area (Å²) in [6, 6.07) is 8.33. The predicted molar refractivity (Wildman–Crippen MR) is 92.7 cm³/mol. The molecule has 0 spiro atoms. The number of nitrogens with one attached hydrogen (secondary N) is 2. The summed E-state index contributed by atoms with van der Waals surface area (Å²) in [6.07, 6.45) is 6.34. The molecular weight excluding hydrogens is 304 g/mol. The van der Waals surface area contributed by atoms with Gasteiger partial charge in [-0.25, -0.2) is 0 Å². The van der Waals surface area contributed by atoms with Crippen molar-refractivity contribution in [3.05, 3.63) is 36.0 Å². The maximum absolute atomic E-state index is 12.1. The number of hydrogen-bond donors (Lipinski definition) is 3. The fourth-order valence-corrected chi connectivity index (χ4v) is 3.55. The van der Waals surface area contributed by atoms with Crippen LogP contribution in [0.25, 0.3) is 10.9 Å². The largest absolute Gasteiger partial charge is 0.481 e. The van der Waals surface area contributed by atoms with Gasteiger partial charge in [-0.1, -0.05) is 6.07 Å². The summed E-state index contributed by atoms with van der Waals surface area (Å²) in [5.74, 6) is -0.502. The minimum absolute atomic E-state index is 0.0801. The molecule has 1 aliphatic carbocycles. The second kappa shape index (κ2) is 7.51. The Morgan fingerprint density at radius 1 is 1.17 bits per heavy atom. The van der Waals surface area contributed by atoms with Gasteiger partial charge in [-0.2, -0.15) is 0 Å². The summed E-state index contributed by atoms with van der Waals surface area (Å²) in [7, 11) is 0. The molecule has 128 valence electrons. The lowest BCUT2D eigenvalue weighted by molar-refractivity contribution is -0.143. The van der Waals surface area contributed by atoms with Crippen LogP contribution < -0.4 is 5.32 Å². The Bertz CT molecular complexity index is 714. The number of aromatic nitrogens is 1. The van der Waals surface area contributed by atoms with Gasteiger partial charge >= 0.3 is 5.97 Å². The van der Waals surface area contributed by atoms with Crippen molar-refractivity contribution in [3.8, 4) is 0 Å². The minimum Gasteiger partial charge on any atom is -0.481 e. The molecule has 1 fully saturated rings. The first-order valence-electron chi connectivity index (χ1n) is 8.67. The van der Waals surface area contributed by atoms with Crippen LogP contribution in [0.2, 0.25) is 0 Å². The average Bonchev–Trinajstić information content (AvgIpc) is 3.03. The molecule has 1 aromatic heterocycles. The number of carbonyl (C=O) groups excluding carboxylic acids is 1. The van der Waals surface area contributed by atoms with Gasteiger partial charge in [0.15, 0.2) is 0 Å². The molecule has 5 heteroatoms. The standard InChI is InChI=1S/C19H24N2O3/c22-18(12-13-1-4-15(5-2-13)19(23)24)21-9-7-14-3-6-17-16(11-14)8-10-20-17/h3,6,8,10-11,13,15,20H,1-2,4-5,7,9,12H2,(H,21,22)(H,23,24). The maximum atomic E-state index is 12.1. The summed E-state index contributed by atoms with van der Waals surface area (Å²) >= 11 is 0. The fourth-order valence-electron chi connectivity index (χ4n) is 3.55. The van der Waals surface area contributed by atoms with Crippen molar-refractivity contribution < 1.29 is 14.7 Å². The molecule has 1 aliphatic rings. The van der Waals surface area contributed by atoms with E-state index in [1.165, 1.54) is 10.9 Å². The van der Waals surface area contributed by atoms with Crippen LogP contribution in [-0.4, -0.2) is 28.5 Å². The summed E-state index contributed by atoms with van der Waals surface area (Å²) in [4.78, 5) is 26.2. The SMILES string of the molecule is O=C(CC1CCC(C(=O)O)CC1)NCCc1ccc2[nH]ccc2c1. The van der Waals surface area contributed by atoms with Gasteiger partial charge in [0.1, 0.15) is 0 Å². The maximum Gasteiger partial charge on any atom is 0.306 e. The Kier molecular flexibility index (Phi) is 5.18. The van der Waals surface area contributed by atoms with Crippen LogP contribution in [0.1, 0.15) is 37.7 Å². The van der Waals surface area contributed by atoms with E-state index in [1.807, 2.05) is 12.3 Å². The van der Waals surface area contributed by atoms with Crippen molar-refractivity contribution in [2.75, 3.05) is 6.54 Å². The molecule has 0 aliphatic heterocycles. The van der Waals surface area contributed by atoms with Gasteiger partial charge in [-0.15, -0.1) is 0 Å². The molecule has 2 aromatic rings. The molecule has 1 heterocycles. The third-order valence-electron chi connectivity index (χ3n) is 5.02. The third-order valence-corrected chi connectivity index (χ3v) is 5.02. The first-order chi connectivity index (χ1) is 11.6. The number of carboxylic acid groups (broad SMARTS) is 1. The molecule has 5 nitrogen and oxygen atoms in total. The molecule has 0 atom stereocenters. The number of carbonyl (C=O) groups is 2. The number of rotatable bonds is 6. The second-order valence-electron chi connectivity index (χ2n) is 6.76. The Hall–Kier alpha value is -2.30. The molecular formula is C19H24N2O3. The topological polar surface area (TPSA) is 82.2 Å². The molecule has 24 heavy (non-hydrogen) atoms. The van der Waals surface area contributed by atoms with Crippen LogP contribution in [-0.2, 0) is 16.0 Å². The zero-order chi connectivity index (χ0) is 16.9. The van der Waals surface area contributed by atoms with Gasteiger partial charge in [0.25, 0.3) is 0 Å². The summed E-state index contributed by atoms with van der Waals surface area (Å²) in [5, 5.41) is 13.2. The molecule has 0 saturated heterocycles. The van der Waals surface area contributed by atoms with Crippen molar-refractivity contribution in [1.82, 2.24) is 10.3 Å². The number of aliphatic carboxylic acids is 1. The van der Waals surface area contributed by atoms with Gasteiger partial charge in [0, 0.05) is 24.7 Å². The number of amides is 1. The summed E-state index contributed by atoms with van der Waals surface area (Å²) in [5.41, 5.74) is 2.34. The summed E-state index contributed by atoms with van der Waals surface area (Å²) < 4.78 is 0. The number of hydrogen-bond acceptors (Lipinski definition) is 2. The van der Waals surface area contributed by atoms with E-state index in [4.69, 9.17) is 5.11 Å². The van der Waals surface area contributed by atoms with Crippen LogP contribution in [0.4, 0.5) is 0 Å². The Labute approximate surface area is 141 Å². The predicted octanol–water partition coefficient (Wildman–Crippen LogP) is 3.11. The first-order valence-corrected chi connectivity index (χ1v) is 8.67. The van der Waals surface area contributed by atoms with E-state index in [0.29, 0.717) is 31.7 Å². The fraction of sp³-hybridized carbons (Fsp3) is 0.474. The normalized spacial score (nSPS) is 20.8. The van der Waals surface area contributed by atoms with Gasteiger partial charge in [0.05, 0.1) is 5.92 Å². The molecule has 1 amide bonds. The van der Waals surface area contributed by atoms with E-state index >= 15 is 0 Å². The van der Waals surface area contributed by atoms with E-state index in [1.54, 1.807) is 0 Å². The smallest absolute Gasteiger partial charge is 0.306 e. The number of fused-ring (bicyclic) bond motifs is 1. The van der Waals surface area contributed by atoms with E-state index < -0.39 is 5.97 Å². The Morgan fingerprint density at radius 3 is 2.71 bits per heavy atom. The lowest BCUT2D eigenvalue weighted by Crippen LogP contribution is -2.29. The van der Waals surface area contributed by atoms with Crippen LogP contribution in [0.15, 0.2) is 30.5 Å². The van der Waals surface area contributed by atoms with Gasteiger partial charge in [0.2, 0.25) is 5.91 Å². The number of H-pyrrole nitrogens is 1. The van der Waals surface area contributed by atoms with Crippen LogP contribution in [0, 0.1) is 11.8 Å². The number of aromatic amines is 1. The monoisotopic (exact) mass is 328 g/mol. The molecule has 1 saturated carbocycles. The second-order valence-corrected chi connectivity index (χ2v) is 6.76. The van der Waals surface area contributed by atoms with Crippen LogP contribution >= 0.6 is 0 Å². The Balaban J connectivity index is 1.39. The lowest BCUT2D eigenvalue weighted by atomic mass is 9.80. The zero-order valence-electron chi connectivity index (χ0n) is 13.8. The molecule has 0 radical (unpaired) electrons. The molecule has 3 rings (SSSR count). The summed E-state index contributed by atoms with van der Waals surface area (Å²) in [6.45, 7) is 0.638. The van der Waals surface area contributed by atoms with Gasteiger partial charge < -0.3 is 15.4 Å². The lowest BCUT2D eigenvalue weighted by Gasteiger charge is -2.25. The van der Waals surface area contributed by atoms with E-state index in [2.05, 4.69) is 28.5 Å². The van der Waals surface area contributed by atoms with Crippen LogP contribution in [0.3, 0.4) is 0 Å². The number of carboxylic acids is 1. The van der Waals surface area contributed by atoms with E-state index in [9.17, 15) is 9.59 Å². The van der Waals surface area contributed by atoms with Crippen molar-refractivity contribution in [1.29, 1.82) is 0 Å². The van der Waals surface area contributed by atoms with Crippen molar-refractivity contribution >= 4 is 22.8 Å². The highest BCUT2D eigenvalue weighted by molar-refractivity contribution is 5.80. The Morgan fingerprint density at radius 2 is 1.96 bits per heavy atom.